The highest BCUT2D eigenvalue weighted by molar-refractivity contribution is 9.10. The number of ether oxygens (including phenoxy) is 1. The first-order valence-electron chi connectivity index (χ1n) is 10.3. The highest BCUT2D eigenvalue weighted by atomic mass is 79.9. The normalized spacial score (nSPS) is 10.9. The number of thioether (sulfide) groups is 1. The van der Waals surface area contributed by atoms with Gasteiger partial charge in [0.1, 0.15) is 5.75 Å². The molecule has 4 rings (SSSR count). The van der Waals surface area contributed by atoms with Gasteiger partial charge >= 0.3 is 0 Å². The molecule has 0 fully saturated rings. The summed E-state index contributed by atoms with van der Waals surface area (Å²) in [7, 11) is 0. The molecular formula is C24H18Br2Cl2N4O2S. The second-order valence-corrected chi connectivity index (χ2v) is 10.9. The number of carbonyl (C=O) groups is 1. The third kappa shape index (κ3) is 7.24. The fourth-order valence-electron chi connectivity index (χ4n) is 3.05. The fraction of sp³-hybridized carbons (Fsp3) is 0.125. The molecule has 0 aliphatic rings. The van der Waals surface area contributed by atoms with E-state index in [4.69, 9.17) is 27.9 Å². The maximum Gasteiger partial charge on any atom is 0.258 e. The van der Waals surface area contributed by atoms with Crippen molar-refractivity contribution in [3.8, 4) is 11.4 Å². The Morgan fingerprint density at radius 3 is 2.34 bits per heavy atom. The zero-order valence-electron chi connectivity index (χ0n) is 18.1. The largest absolute Gasteiger partial charge is 0.482 e. The summed E-state index contributed by atoms with van der Waals surface area (Å²) in [5, 5.41) is 13.1. The highest BCUT2D eigenvalue weighted by Crippen LogP contribution is 2.28. The molecule has 4 aromatic rings. The first kappa shape index (κ1) is 26.0. The molecule has 0 spiro atoms. The SMILES string of the molecule is O=C(COc1ccc(Cl)cc1Cl)NCc1nnc(SCc2ccc(Br)cc2)n1-c1ccc(Br)cc1. The third-order valence-electron chi connectivity index (χ3n) is 4.76. The van der Waals surface area contributed by atoms with E-state index in [2.05, 4.69) is 59.5 Å². The molecule has 0 saturated heterocycles. The average molecular weight is 657 g/mol. The van der Waals surface area contributed by atoms with Crippen molar-refractivity contribution in [2.24, 2.45) is 0 Å². The van der Waals surface area contributed by atoms with Gasteiger partial charge < -0.3 is 10.1 Å². The van der Waals surface area contributed by atoms with Crippen LogP contribution in [-0.4, -0.2) is 27.3 Å². The topological polar surface area (TPSA) is 69.0 Å². The van der Waals surface area contributed by atoms with Gasteiger partial charge in [-0.15, -0.1) is 10.2 Å². The average Bonchev–Trinajstić information content (AvgIpc) is 3.25. The third-order valence-corrected chi connectivity index (χ3v) is 7.35. The summed E-state index contributed by atoms with van der Waals surface area (Å²) < 4.78 is 9.45. The lowest BCUT2D eigenvalue weighted by atomic mass is 10.2. The second kappa shape index (κ2) is 12.3. The number of rotatable bonds is 9. The minimum absolute atomic E-state index is 0.179. The number of hydrogen-bond acceptors (Lipinski definition) is 5. The Balaban J connectivity index is 1.45. The number of carbonyl (C=O) groups excluding carboxylic acids is 1. The molecule has 0 aliphatic heterocycles. The van der Waals surface area contributed by atoms with Crippen molar-refractivity contribution in [1.29, 1.82) is 0 Å². The van der Waals surface area contributed by atoms with Crippen molar-refractivity contribution in [3.05, 3.63) is 97.1 Å². The molecule has 0 aliphatic carbocycles. The summed E-state index contributed by atoms with van der Waals surface area (Å²) >= 11 is 20.5. The Kier molecular flexibility index (Phi) is 9.13. The molecule has 6 nitrogen and oxygen atoms in total. The maximum atomic E-state index is 12.4. The molecule has 0 radical (unpaired) electrons. The lowest BCUT2D eigenvalue weighted by Gasteiger charge is -2.12. The Morgan fingerprint density at radius 2 is 1.66 bits per heavy atom. The molecule has 0 unspecified atom stereocenters. The number of halogens is 4. The van der Waals surface area contributed by atoms with Crippen LogP contribution in [0.5, 0.6) is 5.75 Å². The fourth-order valence-corrected chi connectivity index (χ4v) is 4.97. The Labute approximate surface area is 233 Å². The standard InChI is InChI=1S/C24H18Br2Cl2N4O2S/c25-16-3-1-15(2-4-16)14-35-24-31-30-22(32(24)19-8-5-17(26)6-9-19)12-29-23(33)13-34-21-10-7-18(27)11-20(21)28/h1-11H,12-14H2,(H,29,33). The number of aromatic nitrogens is 3. The molecule has 1 N–H and O–H groups in total. The predicted molar refractivity (Wildman–Crippen MR) is 147 cm³/mol. The minimum atomic E-state index is -0.314. The van der Waals surface area contributed by atoms with Crippen LogP contribution in [0.25, 0.3) is 5.69 Å². The van der Waals surface area contributed by atoms with E-state index >= 15 is 0 Å². The van der Waals surface area contributed by atoms with Gasteiger partial charge in [0.2, 0.25) is 0 Å². The lowest BCUT2D eigenvalue weighted by molar-refractivity contribution is -0.123. The van der Waals surface area contributed by atoms with E-state index in [1.165, 1.54) is 0 Å². The van der Waals surface area contributed by atoms with Crippen LogP contribution >= 0.6 is 66.8 Å². The van der Waals surface area contributed by atoms with Crippen molar-refractivity contribution in [2.45, 2.75) is 17.5 Å². The number of amides is 1. The predicted octanol–water partition coefficient (Wildman–Crippen LogP) is 7.09. The van der Waals surface area contributed by atoms with Crippen molar-refractivity contribution in [2.75, 3.05) is 6.61 Å². The van der Waals surface area contributed by atoms with E-state index < -0.39 is 0 Å². The molecule has 1 amide bonds. The van der Waals surface area contributed by atoms with Gasteiger partial charge in [-0.25, -0.2) is 0 Å². The summed E-state index contributed by atoms with van der Waals surface area (Å²) in [4.78, 5) is 12.4. The van der Waals surface area contributed by atoms with E-state index in [1.807, 2.05) is 41.0 Å². The van der Waals surface area contributed by atoms with Crippen molar-refractivity contribution in [3.63, 3.8) is 0 Å². The van der Waals surface area contributed by atoms with Gasteiger partial charge in [0.15, 0.2) is 17.6 Å². The molecule has 1 heterocycles. The van der Waals surface area contributed by atoms with E-state index in [9.17, 15) is 4.79 Å². The molecular weight excluding hydrogens is 639 g/mol. The summed E-state index contributed by atoms with van der Waals surface area (Å²) in [5.41, 5.74) is 2.06. The second-order valence-electron chi connectivity index (χ2n) is 7.27. The Morgan fingerprint density at radius 1 is 0.971 bits per heavy atom. The lowest BCUT2D eigenvalue weighted by Crippen LogP contribution is -2.29. The van der Waals surface area contributed by atoms with Crippen LogP contribution in [0.15, 0.2) is 80.8 Å². The van der Waals surface area contributed by atoms with Crippen LogP contribution < -0.4 is 10.1 Å². The summed E-state index contributed by atoms with van der Waals surface area (Å²) in [6.45, 7) is -0.0165. The van der Waals surface area contributed by atoms with Gasteiger partial charge in [-0.2, -0.15) is 0 Å². The molecule has 0 atom stereocenters. The molecule has 11 heteroatoms. The van der Waals surface area contributed by atoms with Crippen LogP contribution in [0.3, 0.4) is 0 Å². The van der Waals surface area contributed by atoms with E-state index in [0.29, 0.717) is 21.6 Å². The van der Waals surface area contributed by atoms with E-state index in [1.54, 1.807) is 30.0 Å². The van der Waals surface area contributed by atoms with E-state index in [0.717, 1.165) is 31.1 Å². The number of nitrogens with one attached hydrogen (secondary N) is 1. The summed E-state index contributed by atoms with van der Waals surface area (Å²) in [5.74, 6) is 1.40. The van der Waals surface area contributed by atoms with Gasteiger partial charge in [-0.3, -0.25) is 9.36 Å². The molecule has 0 bridgehead atoms. The number of benzene rings is 3. The zero-order valence-corrected chi connectivity index (χ0v) is 23.6. The van der Waals surface area contributed by atoms with Gasteiger partial charge in [0, 0.05) is 25.4 Å². The molecule has 3 aromatic carbocycles. The minimum Gasteiger partial charge on any atom is -0.482 e. The van der Waals surface area contributed by atoms with Crippen LogP contribution in [-0.2, 0) is 17.1 Å². The number of nitrogens with zero attached hydrogens (tertiary/aromatic N) is 3. The van der Waals surface area contributed by atoms with Crippen molar-refractivity contribution >= 4 is 72.7 Å². The summed E-state index contributed by atoms with van der Waals surface area (Å²) in [6.07, 6.45) is 0. The van der Waals surface area contributed by atoms with Gasteiger partial charge in [0.05, 0.1) is 11.6 Å². The van der Waals surface area contributed by atoms with Crippen LogP contribution in [0.1, 0.15) is 11.4 Å². The summed E-state index contributed by atoms with van der Waals surface area (Å²) in [6, 6.07) is 20.8. The maximum absolute atomic E-state index is 12.4. The van der Waals surface area contributed by atoms with Crippen molar-refractivity contribution in [1.82, 2.24) is 20.1 Å². The van der Waals surface area contributed by atoms with Gasteiger partial charge in [-0.1, -0.05) is 79.0 Å². The Bertz CT molecular complexity index is 1320. The Hall–Kier alpha value is -2.04. The highest BCUT2D eigenvalue weighted by Gasteiger charge is 2.16. The monoisotopic (exact) mass is 654 g/mol. The van der Waals surface area contributed by atoms with Crippen LogP contribution in [0.2, 0.25) is 10.0 Å². The first-order valence-corrected chi connectivity index (χ1v) is 13.6. The smallest absolute Gasteiger partial charge is 0.258 e. The molecule has 1 aromatic heterocycles. The molecule has 35 heavy (non-hydrogen) atoms. The van der Waals surface area contributed by atoms with Crippen molar-refractivity contribution < 1.29 is 9.53 Å². The quantitative estimate of drug-likeness (QED) is 0.195. The van der Waals surface area contributed by atoms with Crippen LogP contribution in [0.4, 0.5) is 0 Å². The van der Waals surface area contributed by atoms with E-state index in [-0.39, 0.29) is 19.1 Å². The molecule has 0 saturated carbocycles. The molecule has 180 valence electrons. The van der Waals surface area contributed by atoms with Crippen LogP contribution in [0, 0.1) is 0 Å². The first-order chi connectivity index (χ1) is 16.9. The van der Waals surface area contributed by atoms with Gasteiger partial charge in [-0.05, 0) is 60.2 Å². The number of hydrogen-bond donors (Lipinski definition) is 1. The van der Waals surface area contributed by atoms with Gasteiger partial charge in [0.25, 0.3) is 5.91 Å². The zero-order chi connectivity index (χ0) is 24.8.